The van der Waals surface area contributed by atoms with Gasteiger partial charge in [0.2, 0.25) is 0 Å². The van der Waals surface area contributed by atoms with E-state index in [0.717, 1.165) is 0 Å². The minimum absolute atomic E-state index is 1.39. The first-order valence-corrected chi connectivity index (χ1v) is 2.45. The molecule has 0 aliphatic carbocycles. The minimum Gasteiger partial charge on any atom is -0.309 e. The Kier molecular flexibility index (Phi) is 1.60. The Labute approximate surface area is 53.7 Å². The molecule has 1 aliphatic heterocycles. The van der Waals surface area contributed by atoms with Crippen LogP contribution in [-0.4, -0.2) is 25.4 Å². The molecule has 0 radical (unpaired) electrons. The summed E-state index contributed by atoms with van der Waals surface area (Å²) in [6, 6.07) is 0. The Morgan fingerprint density at radius 3 is 1.30 bits per heavy atom. The molecule has 0 spiro atoms. The molecule has 1 aliphatic rings. The highest BCUT2D eigenvalue weighted by Gasteiger charge is 2.46. The van der Waals surface area contributed by atoms with Crippen LogP contribution in [0.15, 0.2) is 0 Å². The second-order valence-electron chi connectivity index (χ2n) is 1.85. The standard InChI is InChI=1S/C4H4F4O2/c5-3(6)1-9-4(7,8)2-10-3/h1-2H2. The molecule has 0 aromatic rings. The number of hydrogen-bond acceptors (Lipinski definition) is 2. The van der Waals surface area contributed by atoms with Gasteiger partial charge in [0.05, 0.1) is 0 Å². The van der Waals surface area contributed by atoms with Crippen LogP contribution in [-0.2, 0) is 9.47 Å². The molecule has 1 saturated heterocycles. The fourth-order valence-electron chi connectivity index (χ4n) is 0.463. The lowest BCUT2D eigenvalue weighted by Gasteiger charge is -2.27. The van der Waals surface area contributed by atoms with Crippen LogP contribution in [0.25, 0.3) is 0 Å². The zero-order chi connectivity index (χ0) is 7.83. The molecule has 1 fully saturated rings. The second-order valence-corrected chi connectivity index (χ2v) is 1.85. The van der Waals surface area contributed by atoms with E-state index in [1.54, 1.807) is 0 Å². The lowest BCUT2D eigenvalue weighted by Crippen LogP contribution is -2.44. The predicted molar refractivity (Wildman–Crippen MR) is 21.8 cm³/mol. The summed E-state index contributed by atoms with van der Waals surface area (Å²) in [6.45, 7) is -2.78. The van der Waals surface area contributed by atoms with Gasteiger partial charge in [-0.3, -0.25) is 0 Å². The maximum absolute atomic E-state index is 11.9. The molecule has 0 unspecified atom stereocenters. The third-order valence-corrected chi connectivity index (χ3v) is 0.903. The zero-order valence-electron chi connectivity index (χ0n) is 4.74. The van der Waals surface area contributed by atoms with Crippen LogP contribution in [0.4, 0.5) is 17.6 Å². The van der Waals surface area contributed by atoms with Gasteiger partial charge in [-0.15, -0.1) is 0 Å². The third kappa shape index (κ3) is 1.81. The molecule has 0 atom stereocenters. The van der Waals surface area contributed by atoms with E-state index < -0.39 is 25.4 Å². The molecule has 0 N–H and O–H groups in total. The highest BCUT2D eigenvalue weighted by molar-refractivity contribution is 4.63. The van der Waals surface area contributed by atoms with Gasteiger partial charge in [-0.2, -0.15) is 17.6 Å². The summed E-state index contributed by atoms with van der Waals surface area (Å²) >= 11 is 0. The molecule has 0 aromatic carbocycles. The Morgan fingerprint density at radius 2 is 1.10 bits per heavy atom. The Bertz CT molecular complexity index is 107. The van der Waals surface area contributed by atoms with E-state index >= 15 is 0 Å². The minimum atomic E-state index is -3.57. The molecule has 0 aromatic heterocycles. The molecule has 0 bridgehead atoms. The van der Waals surface area contributed by atoms with Crippen molar-refractivity contribution in [1.82, 2.24) is 0 Å². The summed E-state index contributed by atoms with van der Waals surface area (Å²) in [5.41, 5.74) is 0. The Balaban J connectivity index is 2.46. The SMILES string of the molecule is FC1(F)COC(F)(F)CO1. The van der Waals surface area contributed by atoms with Gasteiger partial charge in [0.25, 0.3) is 0 Å². The monoisotopic (exact) mass is 160 g/mol. The van der Waals surface area contributed by atoms with Crippen molar-refractivity contribution in [2.75, 3.05) is 13.2 Å². The summed E-state index contributed by atoms with van der Waals surface area (Å²) in [5, 5.41) is 0. The van der Waals surface area contributed by atoms with Gasteiger partial charge in [0.1, 0.15) is 13.2 Å². The van der Waals surface area contributed by atoms with Crippen molar-refractivity contribution in [2.45, 2.75) is 12.2 Å². The average Bonchev–Trinajstić information content (AvgIpc) is 1.79. The number of hydrogen-bond donors (Lipinski definition) is 0. The molecule has 0 saturated carbocycles. The first-order valence-electron chi connectivity index (χ1n) is 2.45. The van der Waals surface area contributed by atoms with Crippen molar-refractivity contribution < 1.29 is 27.0 Å². The van der Waals surface area contributed by atoms with Crippen LogP contribution in [0, 0.1) is 0 Å². The van der Waals surface area contributed by atoms with Gasteiger partial charge in [-0.1, -0.05) is 0 Å². The normalized spacial score (nSPS) is 30.0. The van der Waals surface area contributed by atoms with Gasteiger partial charge in [0, 0.05) is 0 Å². The highest BCUT2D eigenvalue weighted by Crippen LogP contribution is 2.29. The van der Waals surface area contributed by atoms with Crippen LogP contribution >= 0.6 is 0 Å². The number of ether oxygens (including phenoxy) is 2. The first-order chi connectivity index (χ1) is 4.41. The average molecular weight is 160 g/mol. The van der Waals surface area contributed by atoms with Crippen molar-refractivity contribution in [2.24, 2.45) is 0 Å². The molecule has 2 nitrogen and oxygen atoms in total. The van der Waals surface area contributed by atoms with Gasteiger partial charge >= 0.3 is 12.2 Å². The second kappa shape index (κ2) is 2.06. The van der Waals surface area contributed by atoms with Crippen molar-refractivity contribution in [1.29, 1.82) is 0 Å². The summed E-state index contributed by atoms with van der Waals surface area (Å²) < 4.78 is 54.4. The van der Waals surface area contributed by atoms with Gasteiger partial charge < -0.3 is 9.47 Å². The topological polar surface area (TPSA) is 18.5 Å². The lowest BCUT2D eigenvalue weighted by molar-refractivity contribution is -0.398. The zero-order valence-corrected chi connectivity index (χ0v) is 4.74. The van der Waals surface area contributed by atoms with E-state index in [0.29, 0.717) is 0 Å². The van der Waals surface area contributed by atoms with Gasteiger partial charge in [-0.25, -0.2) is 0 Å². The number of halogens is 4. The summed E-state index contributed by atoms with van der Waals surface area (Å²) in [5.74, 6) is 0. The van der Waals surface area contributed by atoms with E-state index in [-0.39, 0.29) is 0 Å². The molecule has 0 amide bonds. The number of rotatable bonds is 0. The van der Waals surface area contributed by atoms with Gasteiger partial charge in [-0.05, 0) is 0 Å². The maximum atomic E-state index is 11.9. The summed E-state index contributed by atoms with van der Waals surface area (Å²) in [7, 11) is 0. The van der Waals surface area contributed by atoms with Crippen LogP contribution in [0.2, 0.25) is 0 Å². The Morgan fingerprint density at radius 1 is 0.800 bits per heavy atom. The predicted octanol–water partition coefficient (Wildman–Crippen LogP) is 1.22. The summed E-state index contributed by atoms with van der Waals surface area (Å²) in [4.78, 5) is 0. The van der Waals surface area contributed by atoms with E-state index in [9.17, 15) is 17.6 Å². The summed E-state index contributed by atoms with van der Waals surface area (Å²) in [6.07, 6.45) is -7.14. The molecular formula is C4H4F4O2. The largest absolute Gasteiger partial charge is 0.379 e. The third-order valence-electron chi connectivity index (χ3n) is 0.903. The maximum Gasteiger partial charge on any atom is 0.379 e. The van der Waals surface area contributed by atoms with Crippen LogP contribution in [0.1, 0.15) is 0 Å². The quantitative estimate of drug-likeness (QED) is 0.496. The molecule has 10 heavy (non-hydrogen) atoms. The fourth-order valence-corrected chi connectivity index (χ4v) is 0.463. The Hall–Kier alpha value is -0.360. The lowest BCUT2D eigenvalue weighted by atomic mass is 10.5. The van der Waals surface area contributed by atoms with Crippen molar-refractivity contribution >= 4 is 0 Å². The number of alkyl halides is 4. The smallest absolute Gasteiger partial charge is 0.309 e. The van der Waals surface area contributed by atoms with Crippen molar-refractivity contribution in [3.8, 4) is 0 Å². The van der Waals surface area contributed by atoms with Gasteiger partial charge in [0.15, 0.2) is 0 Å². The van der Waals surface area contributed by atoms with Crippen LogP contribution in [0.5, 0.6) is 0 Å². The van der Waals surface area contributed by atoms with E-state index in [4.69, 9.17) is 0 Å². The van der Waals surface area contributed by atoms with Crippen LogP contribution < -0.4 is 0 Å². The van der Waals surface area contributed by atoms with Crippen molar-refractivity contribution in [3.63, 3.8) is 0 Å². The highest BCUT2D eigenvalue weighted by atomic mass is 19.3. The molecule has 60 valence electrons. The van der Waals surface area contributed by atoms with E-state index in [2.05, 4.69) is 9.47 Å². The fraction of sp³-hybridized carbons (Fsp3) is 1.00. The molecule has 6 heteroatoms. The van der Waals surface area contributed by atoms with E-state index in [1.165, 1.54) is 0 Å². The van der Waals surface area contributed by atoms with Crippen LogP contribution in [0.3, 0.4) is 0 Å². The molecular weight excluding hydrogens is 156 g/mol. The molecule has 1 rings (SSSR count). The first kappa shape index (κ1) is 7.74. The van der Waals surface area contributed by atoms with Crippen molar-refractivity contribution in [3.05, 3.63) is 0 Å². The molecule has 1 heterocycles. The van der Waals surface area contributed by atoms with E-state index in [1.807, 2.05) is 0 Å².